The fourth-order valence-electron chi connectivity index (χ4n) is 0.550. The number of aromatic nitrogens is 2. The zero-order valence-electron chi connectivity index (χ0n) is 5.93. The smallest absolute Gasteiger partial charge is 0.413 e. The van der Waals surface area contributed by atoms with Crippen LogP contribution in [-0.2, 0) is 0 Å². The maximum absolute atomic E-state index is 10.3. The fourth-order valence-corrected chi connectivity index (χ4v) is 0.550. The van der Waals surface area contributed by atoms with Crippen LogP contribution in [-0.4, -0.2) is 28.2 Å². The van der Waals surface area contributed by atoms with E-state index in [1.165, 1.54) is 19.4 Å². The molecule has 0 fully saturated rings. The summed E-state index contributed by atoms with van der Waals surface area (Å²) in [6.45, 7) is 0. The maximum Gasteiger partial charge on any atom is 0.413 e. The van der Waals surface area contributed by atoms with Crippen molar-refractivity contribution in [2.45, 2.75) is 0 Å². The second-order valence-electron chi connectivity index (χ2n) is 1.89. The molecule has 0 aliphatic heterocycles. The summed E-state index contributed by atoms with van der Waals surface area (Å²) >= 11 is 0. The molecule has 58 valence electrons. The first-order valence-electron chi connectivity index (χ1n) is 2.95. The van der Waals surface area contributed by atoms with Gasteiger partial charge < -0.3 is 5.11 Å². The molecule has 0 saturated heterocycles. The van der Waals surface area contributed by atoms with Crippen LogP contribution in [0, 0.1) is 0 Å². The van der Waals surface area contributed by atoms with Gasteiger partial charge in [-0.2, -0.15) is 0 Å². The normalized spacial score (nSPS) is 9.18. The van der Waals surface area contributed by atoms with Crippen LogP contribution in [0.1, 0.15) is 0 Å². The summed E-state index contributed by atoms with van der Waals surface area (Å²) in [6, 6.07) is 1.62. The number of hydrogen-bond donors (Lipinski definition) is 1. The van der Waals surface area contributed by atoms with E-state index in [1.54, 1.807) is 6.07 Å². The Morgan fingerprint density at radius 1 is 1.55 bits per heavy atom. The van der Waals surface area contributed by atoms with Crippen molar-refractivity contribution in [1.29, 1.82) is 0 Å². The molecule has 1 amide bonds. The molecule has 0 radical (unpaired) electrons. The highest BCUT2D eigenvalue weighted by molar-refractivity contribution is 5.82. The summed E-state index contributed by atoms with van der Waals surface area (Å²) in [5.74, 6) is 0.181. The lowest BCUT2D eigenvalue weighted by Gasteiger charge is -2.08. The summed E-state index contributed by atoms with van der Waals surface area (Å²) in [5.41, 5.74) is 0. The SMILES string of the molecule is CN(C(=O)O)c1ncccn1. The van der Waals surface area contributed by atoms with Crippen LogP contribution in [0.5, 0.6) is 0 Å². The van der Waals surface area contributed by atoms with Crippen molar-refractivity contribution < 1.29 is 9.90 Å². The quantitative estimate of drug-likeness (QED) is 0.641. The Labute approximate surface area is 63.3 Å². The van der Waals surface area contributed by atoms with Crippen molar-refractivity contribution in [2.75, 3.05) is 11.9 Å². The molecule has 1 heterocycles. The van der Waals surface area contributed by atoms with Crippen LogP contribution < -0.4 is 4.90 Å². The van der Waals surface area contributed by atoms with Crippen LogP contribution in [0.2, 0.25) is 0 Å². The second-order valence-corrected chi connectivity index (χ2v) is 1.89. The molecule has 11 heavy (non-hydrogen) atoms. The van der Waals surface area contributed by atoms with Gasteiger partial charge in [0.1, 0.15) is 0 Å². The summed E-state index contributed by atoms with van der Waals surface area (Å²) < 4.78 is 0. The zero-order valence-corrected chi connectivity index (χ0v) is 5.93. The molecule has 0 bridgehead atoms. The van der Waals surface area contributed by atoms with Gasteiger partial charge in [-0.3, -0.25) is 0 Å². The van der Waals surface area contributed by atoms with E-state index < -0.39 is 6.09 Å². The summed E-state index contributed by atoms with van der Waals surface area (Å²) in [5, 5.41) is 8.48. The van der Waals surface area contributed by atoms with E-state index in [9.17, 15) is 4.79 Å². The molecule has 5 heteroatoms. The average molecular weight is 153 g/mol. The van der Waals surface area contributed by atoms with Gasteiger partial charge in [0.2, 0.25) is 5.95 Å². The van der Waals surface area contributed by atoms with Gasteiger partial charge in [-0.05, 0) is 6.07 Å². The number of rotatable bonds is 1. The number of hydrogen-bond acceptors (Lipinski definition) is 3. The fraction of sp³-hybridized carbons (Fsp3) is 0.167. The number of anilines is 1. The van der Waals surface area contributed by atoms with Crippen molar-refractivity contribution in [3.8, 4) is 0 Å². The Balaban J connectivity index is 2.85. The topological polar surface area (TPSA) is 66.3 Å². The first-order chi connectivity index (χ1) is 5.22. The van der Waals surface area contributed by atoms with Gasteiger partial charge in [-0.15, -0.1) is 0 Å². The minimum absolute atomic E-state index is 0.181. The zero-order chi connectivity index (χ0) is 8.27. The Hall–Kier alpha value is -1.65. The van der Waals surface area contributed by atoms with Gasteiger partial charge in [0.15, 0.2) is 0 Å². The monoisotopic (exact) mass is 153 g/mol. The molecule has 0 aliphatic carbocycles. The van der Waals surface area contributed by atoms with Gasteiger partial charge in [0, 0.05) is 19.4 Å². The average Bonchev–Trinajstić information content (AvgIpc) is 2.05. The van der Waals surface area contributed by atoms with Crippen LogP contribution >= 0.6 is 0 Å². The van der Waals surface area contributed by atoms with Gasteiger partial charge in [-0.25, -0.2) is 19.7 Å². The van der Waals surface area contributed by atoms with E-state index in [0.717, 1.165) is 4.90 Å². The van der Waals surface area contributed by atoms with Crippen LogP contribution in [0.25, 0.3) is 0 Å². The van der Waals surface area contributed by atoms with Crippen LogP contribution in [0.4, 0.5) is 10.7 Å². The van der Waals surface area contributed by atoms with Crippen molar-refractivity contribution in [1.82, 2.24) is 9.97 Å². The Morgan fingerprint density at radius 2 is 2.09 bits per heavy atom. The highest BCUT2D eigenvalue weighted by Crippen LogP contribution is 2.00. The molecule has 5 nitrogen and oxygen atoms in total. The van der Waals surface area contributed by atoms with E-state index in [4.69, 9.17) is 5.11 Å². The van der Waals surface area contributed by atoms with Crippen molar-refractivity contribution >= 4 is 12.0 Å². The molecule has 1 aromatic rings. The molecule has 0 atom stereocenters. The first kappa shape index (κ1) is 7.46. The third-order valence-corrected chi connectivity index (χ3v) is 1.14. The number of amides is 1. The van der Waals surface area contributed by atoms with Crippen molar-refractivity contribution in [2.24, 2.45) is 0 Å². The molecule has 1 aromatic heterocycles. The predicted octanol–water partition coefficient (Wildman–Crippen LogP) is 0.591. The lowest BCUT2D eigenvalue weighted by atomic mass is 10.6. The molecule has 0 aromatic carbocycles. The van der Waals surface area contributed by atoms with Gasteiger partial charge in [0.25, 0.3) is 0 Å². The number of nitrogens with zero attached hydrogens (tertiary/aromatic N) is 3. The molecule has 1 rings (SSSR count). The Bertz CT molecular complexity index is 249. The summed E-state index contributed by atoms with van der Waals surface area (Å²) in [6.07, 6.45) is 1.90. The molecule has 1 N–H and O–H groups in total. The number of carboxylic acid groups (broad SMARTS) is 1. The van der Waals surface area contributed by atoms with E-state index >= 15 is 0 Å². The van der Waals surface area contributed by atoms with Gasteiger partial charge in [-0.1, -0.05) is 0 Å². The standard InChI is InChI=1S/C6H7N3O2/c1-9(6(10)11)5-7-3-2-4-8-5/h2-4H,1H3,(H,10,11). The third-order valence-electron chi connectivity index (χ3n) is 1.14. The largest absolute Gasteiger partial charge is 0.465 e. The number of carbonyl (C=O) groups is 1. The van der Waals surface area contributed by atoms with Crippen LogP contribution in [0.3, 0.4) is 0 Å². The van der Waals surface area contributed by atoms with E-state index in [1.807, 2.05) is 0 Å². The van der Waals surface area contributed by atoms with Gasteiger partial charge >= 0.3 is 6.09 Å². The minimum atomic E-state index is -1.07. The van der Waals surface area contributed by atoms with Crippen LogP contribution in [0.15, 0.2) is 18.5 Å². The Kier molecular flexibility index (Phi) is 2.00. The first-order valence-corrected chi connectivity index (χ1v) is 2.95. The molecule has 0 saturated carbocycles. The summed E-state index contributed by atoms with van der Waals surface area (Å²) in [4.78, 5) is 18.8. The van der Waals surface area contributed by atoms with E-state index in [-0.39, 0.29) is 5.95 Å². The molecule has 0 unspecified atom stereocenters. The highest BCUT2D eigenvalue weighted by atomic mass is 16.4. The molecule has 0 spiro atoms. The molecular weight excluding hydrogens is 146 g/mol. The lowest BCUT2D eigenvalue weighted by molar-refractivity contribution is 0.203. The van der Waals surface area contributed by atoms with Gasteiger partial charge in [0.05, 0.1) is 0 Å². The Morgan fingerprint density at radius 3 is 2.55 bits per heavy atom. The lowest BCUT2D eigenvalue weighted by Crippen LogP contribution is -2.25. The third kappa shape index (κ3) is 1.64. The summed E-state index contributed by atoms with van der Waals surface area (Å²) in [7, 11) is 1.39. The predicted molar refractivity (Wildman–Crippen MR) is 38.5 cm³/mol. The van der Waals surface area contributed by atoms with E-state index in [2.05, 4.69) is 9.97 Å². The molecule has 0 aliphatic rings. The highest BCUT2D eigenvalue weighted by Gasteiger charge is 2.08. The molecular formula is C6H7N3O2. The van der Waals surface area contributed by atoms with Crippen molar-refractivity contribution in [3.63, 3.8) is 0 Å². The second kappa shape index (κ2) is 2.96. The van der Waals surface area contributed by atoms with Crippen molar-refractivity contribution in [3.05, 3.63) is 18.5 Å². The minimum Gasteiger partial charge on any atom is -0.465 e. The maximum atomic E-state index is 10.3. The van der Waals surface area contributed by atoms with E-state index in [0.29, 0.717) is 0 Å².